The number of anilines is 2. The van der Waals surface area contributed by atoms with E-state index in [0.717, 1.165) is 36.9 Å². The molecule has 0 unspecified atom stereocenters. The van der Waals surface area contributed by atoms with Gasteiger partial charge in [-0.25, -0.2) is 13.2 Å². The molecule has 0 saturated heterocycles. The van der Waals surface area contributed by atoms with E-state index in [-0.39, 0.29) is 22.7 Å². The molecule has 1 aliphatic heterocycles. The van der Waals surface area contributed by atoms with Gasteiger partial charge in [-0.15, -0.1) is 0 Å². The fourth-order valence-corrected chi connectivity index (χ4v) is 5.50. The standard InChI is InChI=1S/C22H26ClN3O4S/c1-30-21-10-7-16(23)14-19(21)25-31(28,29)18-8-9-20-15(13-18)11-12-26(20)22(27)24-17-5-3-2-4-6-17/h7-10,13-14,17,25H,2-6,11-12H2,1H3,(H,24,27). The van der Waals surface area contributed by atoms with Crippen LogP contribution in [0.5, 0.6) is 5.75 Å². The second kappa shape index (κ2) is 8.96. The van der Waals surface area contributed by atoms with E-state index in [9.17, 15) is 13.2 Å². The van der Waals surface area contributed by atoms with Gasteiger partial charge >= 0.3 is 6.03 Å². The second-order valence-electron chi connectivity index (χ2n) is 7.93. The first kappa shape index (κ1) is 21.8. The van der Waals surface area contributed by atoms with E-state index in [1.165, 1.54) is 25.7 Å². The van der Waals surface area contributed by atoms with Gasteiger partial charge in [0.25, 0.3) is 10.0 Å². The number of sulfonamides is 1. The highest BCUT2D eigenvalue weighted by molar-refractivity contribution is 7.92. The van der Waals surface area contributed by atoms with Crippen LogP contribution in [0.1, 0.15) is 37.7 Å². The number of benzene rings is 2. The molecular formula is C22H26ClN3O4S. The van der Waals surface area contributed by atoms with Gasteiger partial charge in [0.2, 0.25) is 0 Å². The Morgan fingerprint density at radius 3 is 2.65 bits per heavy atom. The lowest BCUT2D eigenvalue weighted by Crippen LogP contribution is -2.45. The molecule has 2 aliphatic rings. The van der Waals surface area contributed by atoms with Crippen molar-refractivity contribution < 1.29 is 17.9 Å². The van der Waals surface area contributed by atoms with Crippen LogP contribution in [0.25, 0.3) is 0 Å². The Morgan fingerprint density at radius 1 is 1.13 bits per heavy atom. The largest absolute Gasteiger partial charge is 0.495 e. The van der Waals surface area contributed by atoms with E-state index >= 15 is 0 Å². The van der Waals surface area contributed by atoms with Crippen LogP contribution in [0.15, 0.2) is 41.3 Å². The van der Waals surface area contributed by atoms with Gasteiger partial charge in [0.15, 0.2) is 0 Å². The highest BCUT2D eigenvalue weighted by atomic mass is 35.5. The van der Waals surface area contributed by atoms with Crippen molar-refractivity contribution in [1.82, 2.24) is 5.32 Å². The Hall–Kier alpha value is -2.45. The molecule has 0 spiro atoms. The Balaban J connectivity index is 1.52. The fraction of sp³-hybridized carbons (Fsp3) is 0.409. The first-order valence-electron chi connectivity index (χ1n) is 10.4. The SMILES string of the molecule is COc1ccc(Cl)cc1NS(=O)(=O)c1ccc2c(c1)CCN2C(=O)NC1CCCCC1. The number of carbonyl (C=O) groups excluding carboxylic acids is 1. The molecular weight excluding hydrogens is 438 g/mol. The molecule has 0 radical (unpaired) electrons. The topological polar surface area (TPSA) is 87.7 Å². The van der Waals surface area contributed by atoms with E-state index in [1.807, 2.05) is 0 Å². The van der Waals surface area contributed by atoms with Crippen LogP contribution in [0.2, 0.25) is 5.02 Å². The maximum atomic E-state index is 13.0. The summed E-state index contributed by atoms with van der Waals surface area (Å²) in [5, 5.41) is 3.52. The minimum atomic E-state index is -3.85. The van der Waals surface area contributed by atoms with Crippen molar-refractivity contribution in [2.24, 2.45) is 0 Å². The van der Waals surface area contributed by atoms with E-state index in [0.29, 0.717) is 23.7 Å². The molecule has 1 saturated carbocycles. The van der Waals surface area contributed by atoms with Crippen LogP contribution in [0, 0.1) is 0 Å². The molecule has 0 aromatic heterocycles. The van der Waals surface area contributed by atoms with Crippen LogP contribution in [0.4, 0.5) is 16.2 Å². The fourth-order valence-electron chi connectivity index (χ4n) is 4.22. The van der Waals surface area contributed by atoms with Crippen LogP contribution in [0.3, 0.4) is 0 Å². The number of amides is 2. The summed E-state index contributed by atoms with van der Waals surface area (Å²) in [6.07, 6.45) is 6.16. The van der Waals surface area contributed by atoms with Crippen molar-refractivity contribution in [3.8, 4) is 5.75 Å². The van der Waals surface area contributed by atoms with Gasteiger partial charge in [-0.3, -0.25) is 9.62 Å². The highest BCUT2D eigenvalue weighted by Gasteiger charge is 2.28. The number of hydrogen-bond donors (Lipinski definition) is 2. The molecule has 0 atom stereocenters. The molecule has 1 aliphatic carbocycles. The summed E-state index contributed by atoms with van der Waals surface area (Å²) in [5.74, 6) is 0.375. The number of rotatable bonds is 5. The normalized spacial score (nSPS) is 16.6. The number of halogens is 1. The maximum Gasteiger partial charge on any atom is 0.322 e. The zero-order valence-electron chi connectivity index (χ0n) is 17.4. The van der Waals surface area contributed by atoms with Crippen molar-refractivity contribution in [2.45, 2.75) is 49.5 Å². The van der Waals surface area contributed by atoms with Crippen LogP contribution >= 0.6 is 11.6 Å². The number of urea groups is 1. The first-order chi connectivity index (χ1) is 14.9. The molecule has 4 rings (SSSR count). The number of hydrogen-bond acceptors (Lipinski definition) is 4. The van der Waals surface area contributed by atoms with Crippen LogP contribution < -0.4 is 19.7 Å². The summed E-state index contributed by atoms with van der Waals surface area (Å²) >= 11 is 6.01. The van der Waals surface area contributed by atoms with Gasteiger partial charge in [0.1, 0.15) is 5.75 Å². The quantitative estimate of drug-likeness (QED) is 0.680. The van der Waals surface area contributed by atoms with E-state index < -0.39 is 10.0 Å². The lowest BCUT2D eigenvalue weighted by molar-refractivity contribution is 0.238. The van der Waals surface area contributed by atoms with Crippen LogP contribution in [-0.4, -0.2) is 34.1 Å². The van der Waals surface area contributed by atoms with E-state index in [2.05, 4.69) is 10.0 Å². The lowest BCUT2D eigenvalue weighted by Gasteiger charge is -2.26. The van der Waals surface area contributed by atoms with Gasteiger partial charge in [-0.2, -0.15) is 0 Å². The second-order valence-corrected chi connectivity index (χ2v) is 10.0. The molecule has 2 N–H and O–H groups in total. The molecule has 166 valence electrons. The van der Waals surface area contributed by atoms with Crippen molar-refractivity contribution >= 4 is 39.0 Å². The molecule has 2 aromatic rings. The van der Waals surface area contributed by atoms with Gasteiger partial charge < -0.3 is 10.1 Å². The molecule has 1 heterocycles. The minimum Gasteiger partial charge on any atom is -0.495 e. The minimum absolute atomic E-state index is 0.108. The summed E-state index contributed by atoms with van der Waals surface area (Å²) in [6.45, 7) is 0.535. The zero-order chi connectivity index (χ0) is 22.0. The number of nitrogens with one attached hydrogen (secondary N) is 2. The molecule has 0 bridgehead atoms. The molecule has 2 amide bonds. The van der Waals surface area contributed by atoms with Gasteiger partial charge in [0.05, 0.1) is 17.7 Å². The number of ether oxygens (including phenoxy) is 1. The third-order valence-electron chi connectivity index (χ3n) is 5.84. The molecule has 7 nitrogen and oxygen atoms in total. The molecule has 2 aromatic carbocycles. The van der Waals surface area contributed by atoms with E-state index in [4.69, 9.17) is 16.3 Å². The Bertz CT molecular complexity index is 1080. The average Bonchev–Trinajstić information content (AvgIpc) is 3.18. The first-order valence-corrected chi connectivity index (χ1v) is 12.3. The number of fused-ring (bicyclic) bond motifs is 1. The predicted molar refractivity (Wildman–Crippen MR) is 122 cm³/mol. The van der Waals surface area contributed by atoms with Crippen molar-refractivity contribution in [2.75, 3.05) is 23.3 Å². The summed E-state index contributed by atoms with van der Waals surface area (Å²) in [6, 6.07) is 9.69. The monoisotopic (exact) mass is 463 g/mol. The van der Waals surface area contributed by atoms with Crippen molar-refractivity contribution in [1.29, 1.82) is 0 Å². The highest BCUT2D eigenvalue weighted by Crippen LogP contribution is 2.33. The van der Waals surface area contributed by atoms with Gasteiger partial charge in [0, 0.05) is 23.3 Å². The third kappa shape index (κ3) is 4.75. The molecule has 31 heavy (non-hydrogen) atoms. The van der Waals surface area contributed by atoms with E-state index in [1.54, 1.807) is 29.2 Å². The number of methoxy groups -OCH3 is 1. The number of carbonyl (C=O) groups is 1. The summed E-state index contributed by atoms with van der Waals surface area (Å²) in [4.78, 5) is 14.6. The number of nitrogens with zero attached hydrogens (tertiary/aromatic N) is 1. The molecule has 1 fully saturated rings. The van der Waals surface area contributed by atoms with Crippen LogP contribution in [-0.2, 0) is 16.4 Å². The van der Waals surface area contributed by atoms with Gasteiger partial charge in [-0.1, -0.05) is 30.9 Å². The summed E-state index contributed by atoms with van der Waals surface area (Å²) < 4.78 is 33.7. The average molecular weight is 464 g/mol. The van der Waals surface area contributed by atoms with Crippen molar-refractivity contribution in [3.63, 3.8) is 0 Å². The lowest BCUT2D eigenvalue weighted by atomic mass is 9.96. The van der Waals surface area contributed by atoms with Crippen molar-refractivity contribution in [3.05, 3.63) is 47.0 Å². The van der Waals surface area contributed by atoms with Gasteiger partial charge in [-0.05, 0) is 61.2 Å². The maximum absolute atomic E-state index is 13.0. The molecule has 9 heteroatoms. The predicted octanol–water partition coefficient (Wildman–Crippen LogP) is 4.55. The summed E-state index contributed by atoms with van der Waals surface area (Å²) in [5.41, 5.74) is 1.86. The Labute approximate surface area is 187 Å². The third-order valence-corrected chi connectivity index (χ3v) is 7.44. The zero-order valence-corrected chi connectivity index (χ0v) is 18.9. The summed E-state index contributed by atoms with van der Waals surface area (Å²) in [7, 11) is -2.39. The Morgan fingerprint density at radius 2 is 1.90 bits per heavy atom. The smallest absolute Gasteiger partial charge is 0.322 e. The Kier molecular flexibility index (Phi) is 6.29.